The molecule has 0 saturated heterocycles. The van der Waals surface area contributed by atoms with Crippen LogP contribution < -0.4 is 4.67 Å². The average Bonchev–Trinajstić information content (AvgIpc) is 2.27. The number of fused-ring (bicyclic) bond motifs is 1. The highest BCUT2D eigenvalue weighted by Gasteiger charge is 2.05. The minimum Gasteiger partial charge on any atom is -0.508 e. The van der Waals surface area contributed by atoms with E-state index in [-0.39, 0.29) is 5.75 Å². The van der Waals surface area contributed by atoms with Crippen LogP contribution in [0.5, 0.6) is 5.75 Å². The summed E-state index contributed by atoms with van der Waals surface area (Å²) in [5.74, 6) is -0.319. The van der Waals surface area contributed by atoms with Crippen molar-refractivity contribution >= 4 is 39.5 Å². The van der Waals surface area contributed by atoms with E-state index in [1.807, 2.05) is 12.1 Å². The number of carbonyl (C=O) groups excluding carboxylic acids is 1. The molecule has 1 amide bonds. The Morgan fingerprint density at radius 3 is 2.50 bits per heavy atom. The lowest BCUT2D eigenvalue weighted by Gasteiger charge is -2.15. The van der Waals surface area contributed by atoms with Crippen molar-refractivity contribution in [3.8, 4) is 5.75 Å². The van der Waals surface area contributed by atoms with E-state index in [9.17, 15) is 9.90 Å². The highest BCUT2D eigenvalue weighted by molar-refractivity contribution is 7.22. The molecular weight excluding hydrogens is 220 g/mol. The minimum absolute atomic E-state index is 0.220. The van der Waals surface area contributed by atoms with E-state index in [1.165, 1.54) is 4.67 Å². The van der Waals surface area contributed by atoms with Gasteiger partial charge < -0.3 is 9.78 Å². The number of phenolic OH excluding ortho intramolecular Hbond substituents is 1. The van der Waals surface area contributed by atoms with Crippen LogP contribution in [0.25, 0.3) is 10.8 Å². The first-order valence-electron chi connectivity index (χ1n) is 4.65. The van der Waals surface area contributed by atoms with Gasteiger partial charge in [0, 0.05) is 5.69 Å². The Hall–Kier alpha value is -1.54. The Kier molecular flexibility index (Phi) is 2.84. The Labute approximate surface area is 96.7 Å². The van der Waals surface area contributed by atoms with E-state index >= 15 is 0 Å². The summed E-state index contributed by atoms with van der Waals surface area (Å²) in [5, 5.41) is 11.2. The van der Waals surface area contributed by atoms with Crippen LogP contribution in [-0.4, -0.2) is 18.8 Å². The van der Waals surface area contributed by atoms with Gasteiger partial charge >= 0.3 is 0 Å². The summed E-state index contributed by atoms with van der Waals surface area (Å²) in [6.45, 7) is 0. The third-order valence-electron chi connectivity index (χ3n) is 2.32. The number of carbonyl (C=O) groups is 1. The van der Waals surface area contributed by atoms with Crippen LogP contribution in [0.15, 0.2) is 36.4 Å². The lowest BCUT2D eigenvalue weighted by Crippen LogP contribution is -2.17. The fourth-order valence-corrected chi connectivity index (χ4v) is 1.66. The predicted molar refractivity (Wildman–Crippen MR) is 69.0 cm³/mol. The van der Waals surface area contributed by atoms with Gasteiger partial charge in [0.15, 0.2) is 5.81 Å². The largest absolute Gasteiger partial charge is 0.508 e. The van der Waals surface area contributed by atoms with Crippen molar-refractivity contribution in [2.24, 2.45) is 0 Å². The second kappa shape index (κ2) is 4.15. The van der Waals surface area contributed by atoms with E-state index in [4.69, 9.17) is 7.85 Å². The van der Waals surface area contributed by atoms with Crippen LogP contribution in [0, 0.1) is 0 Å². The summed E-state index contributed by atoms with van der Waals surface area (Å²) < 4.78 is 1.28. The Morgan fingerprint density at radius 2 is 1.81 bits per heavy atom. The maximum Gasteiger partial charge on any atom is 0.201 e. The second-order valence-electron chi connectivity index (χ2n) is 3.42. The van der Waals surface area contributed by atoms with E-state index in [0.717, 1.165) is 10.8 Å². The quantitative estimate of drug-likeness (QED) is 0.602. The number of benzene rings is 2. The van der Waals surface area contributed by atoms with Crippen LogP contribution in [0.4, 0.5) is 10.5 Å². The molecule has 2 radical (unpaired) electrons. The number of hydrogen-bond donors (Lipinski definition) is 1. The maximum absolute atomic E-state index is 11.0. The molecule has 1 N–H and O–H groups in total. The molecule has 0 heterocycles. The fourth-order valence-electron chi connectivity index (χ4n) is 1.50. The molecule has 1 atom stereocenters. The molecule has 5 heteroatoms. The highest BCUT2D eigenvalue weighted by Crippen LogP contribution is 2.26. The van der Waals surface area contributed by atoms with Gasteiger partial charge in [-0.3, -0.25) is 4.79 Å². The van der Waals surface area contributed by atoms with Gasteiger partial charge in [-0.15, -0.1) is 0 Å². The molecule has 0 aliphatic carbocycles. The van der Waals surface area contributed by atoms with Crippen molar-refractivity contribution in [3.63, 3.8) is 0 Å². The van der Waals surface area contributed by atoms with Gasteiger partial charge in [-0.1, -0.05) is 12.1 Å². The standard InChI is InChI=1S/C11H9BNO2P/c12-11(15)13(16)9-3-1-8-6-10(14)4-2-7(8)5-9/h1-6,14H,16H2. The number of hydrogen-bond acceptors (Lipinski definition) is 2. The topological polar surface area (TPSA) is 40.5 Å². The van der Waals surface area contributed by atoms with Crippen LogP contribution in [0.2, 0.25) is 0 Å². The molecule has 2 aromatic rings. The van der Waals surface area contributed by atoms with Crippen LogP contribution in [0.3, 0.4) is 0 Å². The zero-order chi connectivity index (χ0) is 11.7. The van der Waals surface area contributed by atoms with Gasteiger partial charge in [-0.25, -0.2) is 0 Å². The predicted octanol–water partition coefficient (Wildman–Crippen LogP) is 2.43. The Morgan fingerprint density at radius 1 is 1.19 bits per heavy atom. The third-order valence-corrected chi connectivity index (χ3v) is 2.88. The SMILES string of the molecule is [B]C(=O)N(P)c1ccc2cc(O)ccc2c1. The zero-order valence-corrected chi connectivity index (χ0v) is 9.58. The molecule has 0 spiro atoms. The number of aromatic hydroxyl groups is 1. The first-order chi connectivity index (χ1) is 7.58. The van der Waals surface area contributed by atoms with Crippen molar-refractivity contribution in [1.29, 1.82) is 0 Å². The monoisotopic (exact) mass is 229 g/mol. The lowest BCUT2D eigenvalue weighted by atomic mass is 10.1. The Bertz CT molecular complexity index is 559. The summed E-state index contributed by atoms with van der Waals surface area (Å²) in [7, 11) is 7.42. The third kappa shape index (κ3) is 2.02. The van der Waals surface area contributed by atoms with Crippen LogP contribution >= 0.6 is 9.39 Å². The first kappa shape index (κ1) is 11.0. The van der Waals surface area contributed by atoms with E-state index in [1.54, 1.807) is 24.3 Å². The van der Waals surface area contributed by atoms with Crippen molar-refractivity contribution in [2.75, 3.05) is 4.67 Å². The van der Waals surface area contributed by atoms with Gasteiger partial charge in [-0.05, 0) is 44.4 Å². The van der Waals surface area contributed by atoms with Gasteiger partial charge in [0.1, 0.15) is 5.75 Å². The summed E-state index contributed by atoms with van der Waals surface area (Å²) in [6.07, 6.45) is 0. The fraction of sp³-hybridized carbons (Fsp3) is 0. The summed E-state index contributed by atoms with van der Waals surface area (Å²) in [5.41, 5.74) is 0.690. The van der Waals surface area contributed by atoms with Crippen molar-refractivity contribution in [1.82, 2.24) is 0 Å². The van der Waals surface area contributed by atoms with Gasteiger partial charge in [-0.2, -0.15) is 0 Å². The van der Waals surface area contributed by atoms with E-state index in [2.05, 4.69) is 9.39 Å². The summed E-state index contributed by atoms with van der Waals surface area (Å²) in [4.78, 5) is 11.0. The van der Waals surface area contributed by atoms with E-state index < -0.39 is 5.81 Å². The normalized spacial score (nSPS) is 10.3. The van der Waals surface area contributed by atoms with Crippen molar-refractivity contribution in [3.05, 3.63) is 36.4 Å². The molecule has 0 aliphatic heterocycles. The molecular formula is C11H9BNO2P. The summed E-state index contributed by atoms with van der Waals surface area (Å²) >= 11 is 0. The number of phenols is 1. The maximum atomic E-state index is 11.0. The van der Waals surface area contributed by atoms with Crippen LogP contribution in [-0.2, 0) is 0 Å². The van der Waals surface area contributed by atoms with Crippen molar-refractivity contribution in [2.45, 2.75) is 0 Å². The second-order valence-corrected chi connectivity index (χ2v) is 3.94. The molecule has 16 heavy (non-hydrogen) atoms. The number of anilines is 1. The summed E-state index contributed by atoms with van der Waals surface area (Å²) in [6, 6.07) is 10.5. The molecule has 3 nitrogen and oxygen atoms in total. The number of rotatable bonds is 1. The van der Waals surface area contributed by atoms with Gasteiger partial charge in [0.2, 0.25) is 7.85 Å². The molecule has 0 fully saturated rings. The molecule has 0 bridgehead atoms. The smallest absolute Gasteiger partial charge is 0.201 e. The first-order valence-corrected chi connectivity index (χ1v) is 5.16. The van der Waals surface area contributed by atoms with Crippen molar-refractivity contribution < 1.29 is 9.90 Å². The molecule has 2 rings (SSSR count). The molecule has 0 saturated carbocycles. The molecule has 2 aromatic carbocycles. The Balaban J connectivity index is 2.52. The lowest BCUT2D eigenvalue weighted by molar-refractivity contribution is 0.267. The molecule has 0 aliphatic rings. The van der Waals surface area contributed by atoms with Gasteiger partial charge in [0.25, 0.3) is 0 Å². The average molecular weight is 229 g/mol. The molecule has 1 unspecified atom stereocenters. The zero-order valence-electron chi connectivity index (χ0n) is 8.42. The molecule has 0 aromatic heterocycles. The highest BCUT2D eigenvalue weighted by atomic mass is 31.0. The number of amides is 1. The number of nitrogens with zero attached hydrogens (tertiary/aromatic N) is 1. The van der Waals surface area contributed by atoms with Crippen LogP contribution in [0.1, 0.15) is 0 Å². The van der Waals surface area contributed by atoms with E-state index in [0.29, 0.717) is 5.69 Å². The minimum atomic E-state index is -0.539. The molecule has 78 valence electrons. The van der Waals surface area contributed by atoms with Gasteiger partial charge in [0.05, 0.1) is 0 Å².